The van der Waals surface area contributed by atoms with Crippen molar-refractivity contribution in [3.63, 3.8) is 0 Å². The number of nitrogens with zero attached hydrogens (tertiary/aromatic N) is 1. The molecule has 0 aromatic heterocycles. The molecule has 0 fully saturated rings. The molecule has 0 atom stereocenters. The van der Waals surface area contributed by atoms with Gasteiger partial charge in [-0.15, -0.1) is 0 Å². The van der Waals surface area contributed by atoms with E-state index < -0.39 is 6.02 Å². The lowest BCUT2D eigenvalue weighted by Crippen LogP contribution is -1.78. The lowest BCUT2D eigenvalue weighted by atomic mass is 10.4. The van der Waals surface area contributed by atoms with Crippen molar-refractivity contribution >= 4 is 0 Å². The van der Waals surface area contributed by atoms with Crippen LogP contribution in [-0.2, 0) is 0 Å². The zero-order valence-corrected chi connectivity index (χ0v) is 3.45. The highest BCUT2D eigenvalue weighted by atomic mass is 14.7. The van der Waals surface area contributed by atoms with Crippen LogP contribution in [0.5, 0.6) is 0 Å². The van der Waals surface area contributed by atoms with Crippen molar-refractivity contribution in [3.8, 4) is 0 Å². The van der Waals surface area contributed by atoms with E-state index in [2.05, 4.69) is 4.85 Å². The van der Waals surface area contributed by atoms with E-state index in [0.717, 1.165) is 0 Å². The third-order valence-corrected chi connectivity index (χ3v) is 0.224. The normalized spacial score (nSPS) is 12.6. The van der Waals surface area contributed by atoms with Gasteiger partial charge in [-0.2, -0.15) is 0 Å². The smallest absolute Gasteiger partial charge is 0.218 e. The van der Waals surface area contributed by atoms with Crippen LogP contribution in [0.15, 0.2) is 0 Å². The molecule has 0 aliphatic carbocycles. The van der Waals surface area contributed by atoms with E-state index in [-0.39, 0.29) is 0 Å². The van der Waals surface area contributed by atoms with Crippen molar-refractivity contribution in [2.45, 2.75) is 19.9 Å². The summed E-state index contributed by atoms with van der Waals surface area (Å²) in [4.78, 5) is 2.94. The van der Waals surface area contributed by atoms with E-state index in [4.69, 9.17) is 7.94 Å². The minimum atomic E-state index is -0.917. The molecular weight excluding hydrogens is 62.1 g/mol. The molecule has 0 N–H and O–H groups in total. The molecule has 0 radical (unpaired) electrons. The molecule has 1 heteroatoms. The van der Waals surface area contributed by atoms with E-state index in [1.807, 2.05) is 0 Å². The molecule has 0 saturated heterocycles. The lowest BCUT2D eigenvalue weighted by molar-refractivity contribution is 0.976. The molecular formula is C4H7N. The van der Waals surface area contributed by atoms with Gasteiger partial charge in [0, 0.05) is 13.8 Å². The van der Waals surface area contributed by atoms with Gasteiger partial charge in [0.15, 0.2) is 0 Å². The standard InChI is InChI=1S/C4H7N/c1-4(2)5-3/h4H,1-2H3/i4D. The second-order valence-electron chi connectivity index (χ2n) is 1.06. The van der Waals surface area contributed by atoms with Crippen molar-refractivity contribution in [2.75, 3.05) is 0 Å². The van der Waals surface area contributed by atoms with E-state index in [0.29, 0.717) is 0 Å². The first-order valence-electron chi connectivity index (χ1n) is 1.95. The van der Waals surface area contributed by atoms with Crippen molar-refractivity contribution in [1.82, 2.24) is 0 Å². The highest BCUT2D eigenvalue weighted by Gasteiger charge is 1.83. The Bertz CT molecular complexity index is 74.5. The molecule has 0 unspecified atom stereocenters. The summed E-state index contributed by atoms with van der Waals surface area (Å²) in [5.41, 5.74) is 0. The van der Waals surface area contributed by atoms with Crippen LogP contribution in [0.2, 0.25) is 0 Å². The summed E-state index contributed by atoms with van der Waals surface area (Å²) in [5.74, 6) is 0. The van der Waals surface area contributed by atoms with Crippen LogP contribution in [-0.4, -0.2) is 6.02 Å². The van der Waals surface area contributed by atoms with Gasteiger partial charge in [-0.05, 0) is 0 Å². The van der Waals surface area contributed by atoms with Crippen LogP contribution in [0.4, 0.5) is 0 Å². The van der Waals surface area contributed by atoms with Gasteiger partial charge in [0.25, 0.3) is 0 Å². The maximum absolute atomic E-state index is 6.83. The Morgan fingerprint density at radius 2 is 2.20 bits per heavy atom. The first-order chi connectivity index (χ1) is 2.56. The Hall–Kier alpha value is -0.510. The second kappa shape index (κ2) is 1.78. The SMILES string of the molecule is [2H]C(C)(C)[N+]#[C-]. The third kappa shape index (κ3) is 3.49. The van der Waals surface area contributed by atoms with E-state index in [1.165, 1.54) is 0 Å². The average molecular weight is 70.1 g/mol. The molecule has 5 heavy (non-hydrogen) atoms. The van der Waals surface area contributed by atoms with Gasteiger partial charge >= 0.3 is 0 Å². The van der Waals surface area contributed by atoms with Crippen molar-refractivity contribution in [1.29, 1.82) is 0 Å². The Labute approximate surface area is 33.8 Å². The fourth-order valence-electron chi connectivity index (χ4n) is 0. The number of hydrogen-bond acceptors (Lipinski definition) is 0. The lowest BCUT2D eigenvalue weighted by Gasteiger charge is -1.75. The largest absolute Gasteiger partial charge is 0.314 e. The van der Waals surface area contributed by atoms with E-state index >= 15 is 0 Å². The second-order valence-corrected chi connectivity index (χ2v) is 1.06. The predicted octanol–water partition coefficient (Wildman–Crippen LogP) is 1.31. The molecule has 0 aromatic rings. The van der Waals surface area contributed by atoms with Crippen LogP contribution in [0.25, 0.3) is 4.85 Å². The summed E-state index contributed by atoms with van der Waals surface area (Å²) in [5, 5.41) is 0. The maximum atomic E-state index is 6.83. The molecule has 0 aliphatic rings. The Balaban J connectivity index is 3.55. The van der Waals surface area contributed by atoms with Crippen molar-refractivity contribution in [2.24, 2.45) is 0 Å². The Kier molecular flexibility index (Phi) is 0.964. The van der Waals surface area contributed by atoms with Crippen LogP contribution < -0.4 is 0 Å². The topological polar surface area (TPSA) is 4.36 Å². The Morgan fingerprint density at radius 3 is 2.20 bits per heavy atom. The van der Waals surface area contributed by atoms with Gasteiger partial charge < -0.3 is 4.85 Å². The van der Waals surface area contributed by atoms with Gasteiger partial charge in [-0.3, -0.25) is 0 Å². The summed E-state index contributed by atoms with van der Waals surface area (Å²) in [7, 11) is 0. The Morgan fingerprint density at radius 1 is 2.00 bits per heavy atom. The molecule has 0 rings (SSSR count). The summed E-state index contributed by atoms with van der Waals surface area (Å²) >= 11 is 0. The monoisotopic (exact) mass is 70.1 g/mol. The molecule has 1 nitrogen and oxygen atoms in total. The van der Waals surface area contributed by atoms with Gasteiger partial charge in [0.2, 0.25) is 6.02 Å². The maximum Gasteiger partial charge on any atom is 0.218 e. The third-order valence-electron chi connectivity index (χ3n) is 0.224. The summed E-state index contributed by atoms with van der Waals surface area (Å²) in [6.07, 6.45) is 0. The zero-order valence-electron chi connectivity index (χ0n) is 4.45. The van der Waals surface area contributed by atoms with Gasteiger partial charge in [-0.1, -0.05) is 0 Å². The van der Waals surface area contributed by atoms with Crippen molar-refractivity contribution < 1.29 is 1.37 Å². The molecule has 0 bridgehead atoms. The molecule has 0 spiro atoms. The van der Waals surface area contributed by atoms with Gasteiger partial charge in [-0.25, -0.2) is 6.57 Å². The van der Waals surface area contributed by atoms with Gasteiger partial charge in [0.05, 0.1) is 0 Å². The fraction of sp³-hybridized carbons (Fsp3) is 0.750. The van der Waals surface area contributed by atoms with Crippen LogP contribution >= 0.6 is 0 Å². The van der Waals surface area contributed by atoms with Crippen LogP contribution in [0.1, 0.15) is 15.2 Å². The van der Waals surface area contributed by atoms with E-state index in [9.17, 15) is 0 Å². The fourth-order valence-corrected chi connectivity index (χ4v) is 0. The zero-order chi connectivity index (χ0) is 5.21. The molecule has 0 saturated carbocycles. The quantitative estimate of drug-likeness (QED) is 0.378. The van der Waals surface area contributed by atoms with Crippen LogP contribution in [0, 0.1) is 6.57 Å². The van der Waals surface area contributed by atoms with E-state index in [1.54, 1.807) is 13.8 Å². The number of hydrogen-bond donors (Lipinski definition) is 0. The summed E-state index contributed by atoms with van der Waals surface area (Å²) in [6, 6.07) is -0.917. The molecule has 28 valence electrons. The highest BCUT2D eigenvalue weighted by Crippen LogP contribution is 1.79. The number of rotatable bonds is 0. The van der Waals surface area contributed by atoms with Crippen molar-refractivity contribution in [3.05, 3.63) is 11.4 Å². The first kappa shape index (κ1) is 2.71. The molecule has 0 aliphatic heterocycles. The predicted molar refractivity (Wildman–Crippen MR) is 21.7 cm³/mol. The molecule has 0 amide bonds. The molecule has 0 aromatic carbocycles. The first-order valence-corrected chi connectivity index (χ1v) is 1.45. The minimum Gasteiger partial charge on any atom is -0.314 e. The average Bonchev–Trinajstić information content (AvgIpc) is 1.35. The molecule has 0 heterocycles. The summed E-state index contributed by atoms with van der Waals surface area (Å²) < 4.78 is 6.83. The minimum absolute atomic E-state index is 0.917. The van der Waals surface area contributed by atoms with Crippen LogP contribution in [0.3, 0.4) is 0 Å². The van der Waals surface area contributed by atoms with Gasteiger partial charge in [0.1, 0.15) is 1.37 Å². The summed E-state index contributed by atoms with van der Waals surface area (Å²) in [6.45, 7) is 9.40. The highest BCUT2D eigenvalue weighted by molar-refractivity contribution is 4.64.